The predicted molar refractivity (Wildman–Crippen MR) is 113 cm³/mol. The number of nitrogens with zero attached hydrogens (tertiary/aromatic N) is 3. The summed E-state index contributed by atoms with van der Waals surface area (Å²) in [5.74, 6) is -0.539. The van der Waals surface area contributed by atoms with E-state index in [4.69, 9.17) is 9.72 Å². The van der Waals surface area contributed by atoms with Crippen LogP contribution in [0.2, 0.25) is 0 Å². The van der Waals surface area contributed by atoms with Crippen LogP contribution in [-0.4, -0.2) is 34.6 Å². The molecule has 2 heterocycles. The number of fused-ring (bicyclic) bond motifs is 3. The first-order chi connectivity index (χ1) is 14.2. The number of carbonyl (C=O) groups excluding carboxylic acids is 2. The molecule has 2 aliphatic rings. The molecule has 1 aliphatic carbocycles. The first-order valence-electron chi connectivity index (χ1n) is 10.8. The number of hydrogen-bond acceptors (Lipinski definition) is 4. The Bertz CT molecular complexity index is 933. The number of imidazole rings is 1. The average Bonchev–Trinajstić information content (AvgIpc) is 3.12. The normalized spacial score (nSPS) is 24.0. The van der Waals surface area contributed by atoms with Crippen LogP contribution in [0.5, 0.6) is 0 Å². The highest BCUT2D eigenvalue weighted by Gasteiger charge is 2.49. The summed E-state index contributed by atoms with van der Waals surface area (Å²) in [7, 11) is 0. The number of rotatable bonds is 6. The molecule has 0 spiro atoms. The largest absolute Gasteiger partial charge is 0.465 e. The Morgan fingerprint density at radius 3 is 2.79 bits per heavy atom. The molecule has 0 N–H and O–H groups in total. The Morgan fingerprint density at radius 1 is 1.24 bits per heavy atom. The van der Waals surface area contributed by atoms with E-state index in [0.29, 0.717) is 12.5 Å². The fraction of sp³-hybridized carbons (Fsp3) is 0.522. The molecule has 2 aromatic rings. The number of para-hydroxylation sites is 2. The molecule has 6 heteroatoms. The van der Waals surface area contributed by atoms with Crippen LogP contribution in [0.4, 0.5) is 5.95 Å². The minimum Gasteiger partial charge on any atom is -0.465 e. The molecule has 1 aromatic carbocycles. The van der Waals surface area contributed by atoms with Crippen molar-refractivity contribution in [3.05, 3.63) is 36.4 Å². The molecule has 0 saturated carbocycles. The molecule has 3 atom stereocenters. The van der Waals surface area contributed by atoms with Gasteiger partial charge in [-0.1, -0.05) is 37.6 Å². The van der Waals surface area contributed by atoms with E-state index in [2.05, 4.69) is 23.6 Å². The summed E-state index contributed by atoms with van der Waals surface area (Å²) in [6, 6.07) is 7.68. The first kappa shape index (κ1) is 19.7. The van der Waals surface area contributed by atoms with Gasteiger partial charge in [-0.3, -0.25) is 14.5 Å². The Balaban J connectivity index is 1.90. The zero-order valence-electron chi connectivity index (χ0n) is 17.2. The lowest BCUT2D eigenvalue weighted by Crippen LogP contribution is -2.52. The van der Waals surface area contributed by atoms with Crippen molar-refractivity contribution < 1.29 is 14.3 Å². The van der Waals surface area contributed by atoms with E-state index in [-0.39, 0.29) is 24.5 Å². The molecule has 6 nitrogen and oxygen atoms in total. The van der Waals surface area contributed by atoms with Gasteiger partial charge < -0.3 is 9.30 Å². The number of allylic oxidation sites excluding steroid dienone is 2. The number of aromatic nitrogens is 2. The molecule has 0 radical (unpaired) electrons. The molecule has 29 heavy (non-hydrogen) atoms. The Labute approximate surface area is 171 Å². The third-order valence-corrected chi connectivity index (χ3v) is 6.06. The van der Waals surface area contributed by atoms with E-state index < -0.39 is 11.9 Å². The summed E-state index contributed by atoms with van der Waals surface area (Å²) in [6.07, 6.45) is 8.95. The van der Waals surface area contributed by atoms with Gasteiger partial charge in [0.2, 0.25) is 11.9 Å². The van der Waals surface area contributed by atoms with Crippen molar-refractivity contribution in [3.8, 4) is 0 Å². The van der Waals surface area contributed by atoms with Crippen molar-refractivity contribution >= 4 is 28.9 Å². The van der Waals surface area contributed by atoms with Gasteiger partial charge in [0.15, 0.2) is 5.92 Å². The maximum Gasteiger partial charge on any atom is 0.320 e. The van der Waals surface area contributed by atoms with Gasteiger partial charge in [-0.2, -0.15) is 0 Å². The molecule has 4 rings (SSSR count). The van der Waals surface area contributed by atoms with E-state index in [1.54, 1.807) is 11.8 Å². The number of hydrogen-bond donors (Lipinski definition) is 0. The summed E-state index contributed by atoms with van der Waals surface area (Å²) in [5, 5.41) is 0. The fourth-order valence-electron chi connectivity index (χ4n) is 4.69. The van der Waals surface area contributed by atoms with Crippen LogP contribution in [0.3, 0.4) is 0 Å². The quantitative estimate of drug-likeness (QED) is 0.416. The van der Waals surface area contributed by atoms with E-state index >= 15 is 0 Å². The number of benzene rings is 1. The molecule has 0 bridgehead atoms. The van der Waals surface area contributed by atoms with Gasteiger partial charge in [-0.15, -0.1) is 0 Å². The van der Waals surface area contributed by atoms with Crippen LogP contribution in [0, 0.1) is 11.8 Å². The van der Waals surface area contributed by atoms with Crippen molar-refractivity contribution in [1.29, 1.82) is 0 Å². The second-order valence-corrected chi connectivity index (χ2v) is 7.88. The summed E-state index contributed by atoms with van der Waals surface area (Å²) < 4.78 is 7.54. The van der Waals surface area contributed by atoms with Gasteiger partial charge in [-0.25, -0.2) is 4.98 Å². The van der Waals surface area contributed by atoms with E-state index in [1.165, 1.54) is 0 Å². The van der Waals surface area contributed by atoms with E-state index in [9.17, 15) is 9.59 Å². The van der Waals surface area contributed by atoms with Crippen LogP contribution in [0.1, 0.15) is 52.0 Å². The lowest BCUT2D eigenvalue weighted by Gasteiger charge is -2.41. The van der Waals surface area contributed by atoms with Crippen LogP contribution in [-0.2, 0) is 14.3 Å². The van der Waals surface area contributed by atoms with Gasteiger partial charge in [0.25, 0.3) is 0 Å². The molecule has 1 aromatic heterocycles. The number of unbranched alkanes of at least 4 members (excludes halogenated alkanes) is 1. The third-order valence-electron chi connectivity index (χ3n) is 6.06. The van der Waals surface area contributed by atoms with E-state index in [0.717, 1.165) is 43.1 Å². The maximum absolute atomic E-state index is 13.6. The first-order valence-corrected chi connectivity index (χ1v) is 10.8. The highest BCUT2D eigenvalue weighted by Crippen LogP contribution is 2.44. The van der Waals surface area contributed by atoms with Gasteiger partial charge in [0.1, 0.15) is 0 Å². The van der Waals surface area contributed by atoms with Crippen molar-refractivity contribution in [2.45, 2.75) is 52.0 Å². The Kier molecular flexibility index (Phi) is 5.69. The molecule has 3 unspecified atom stereocenters. The predicted octanol–water partition coefficient (Wildman–Crippen LogP) is 4.26. The Morgan fingerprint density at radius 2 is 2.07 bits per heavy atom. The minimum atomic E-state index is -0.826. The molecule has 1 amide bonds. The second kappa shape index (κ2) is 8.39. The summed E-state index contributed by atoms with van der Waals surface area (Å²) in [5.41, 5.74) is 1.84. The summed E-state index contributed by atoms with van der Waals surface area (Å²) in [6.45, 7) is 4.71. The van der Waals surface area contributed by atoms with Crippen molar-refractivity contribution in [2.75, 3.05) is 18.1 Å². The summed E-state index contributed by atoms with van der Waals surface area (Å²) >= 11 is 0. The molecule has 1 aliphatic heterocycles. The van der Waals surface area contributed by atoms with Gasteiger partial charge in [0.05, 0.1) is 23.7 Å². The number of amides is 1. The average molecular weight is 396 g/mol. The molecule has 154 valence electrons. The smallest absolute Gasteiger partial charge is 0.320 e. The Hall–Kier alpha value is -2.63. The zero-order chi connectivity index (χ0) is 20.4. The minimum absolute atomic E-state index is 0.167. The van der Waals surface area contributed by atoms with Gasteiger partial charge >= 0.3 is 5.97 Å². The van der Waals surface area contributed by atoms with Crippen LogP contribution in [0.25, 0.3) is 11.0 Å². The number of anilines is 1. The number of carbonyl (C=O) groups is 2. The molecule has 0 saturated heterocycles. The topological polar surface area (TPSA) is 64.4 Å². The second-order valence-electron chi connectivity index (χ2n) is 7.88. The zero-order valence-corrected chi connectivity index (χ0v) is 17.2. The SMILES string of the molecule is CCCCN1C(=O)C(C(=O)OCC)C(C2CC=CCC2)n2c1nc1ccccc12. The number of ether oxygens (including phenoxy) is 1. The lowest BCUT2D eigenvalue weighted by atomic mass is 9.79. The van der Waals surface area contributed by atoms with Crippen molar-refractivity contribution in [1.82, 2.24) is 9.55 Å². The third kappa shape index (κ3) is 3.45. The van der Waals surface area contributed by atoms with E-state index in [1.807, 2.05) is 24.3 Å². The van der Waals surface area contributed by atoms with Gasteiger partial charge in [-0.05, 0) is 50.7 Å². The van der Waals surface area contributed by atoms with Crippen LogP contribution < -0.4 is 4.90 Å². The monoisotopic (exact) mass is 395 g/mol. The molecule has 0 fully saturated rings. The van der Waals surface area contributed by atoms with Crippen LogP contribution in [0.15, 0.2) is 36.4 Å². The molecular weight excluding hydrogens is 366 g/mol. The van der Waals surface area contributed by atoms with Crippen molar-refractivity contribution in [3.63, 3.8) is 0 Å². The number of esters is 1. The van der Waals surface area contributed by atoms with Gasteiger partial charge in [0, 0.05) is 6.54 Å². The fourth-order valence-corrected chi connectivity index (χ4v) is 4.69. The molecular formula is C23H29N3O3. The highest BCUT2D eigenvalue weighted by atomic mass is 16.5. The van der Waals surface area contributed by atoms with Crippen molar-refractivity contribution in [2.24, 2.45) is 11.8 Å². The lowest BCUT2D eigenvalue weighted by molar-refractivity contribution is -0.155. The summed E-state index contributed by atoms with van der Waals surface area (Å²) in [4.78, 5) is 33.2. The maximum atomic E-state index is 13.6. The van der Waals surface area contributed by atoms with Crippen LogP contribution >= 0.6 is 0 Å². The standard InChI is InChI=1S/C23H29N3O3/c1-3-5-15-25-21(27)19(22(28)29-4-2)20(16-11-7-6-8-12-16)26-18-14-10-9-13-17(18)24-23(25)26/h6-7,9-10,13-14,16,19-20H,3-5,8,11-12,15H2,1-2H3. The highest BCUT2D eigenvalue weighted by molar-refractivity contribution is 6.08.